The first-order valence-electron chi connectivity index (χ1n) is 6.43. The van der Waals surface area contributed by atoms with Crippen molar-refractivity contribution >= 4 is 27.5 Å². The van der Waals surface area contributed by atoms with E-state index < -0.39 is 0 Å². The molecule has 0 aliphatic carbocycles. The zero-order valence-corrected chi connectivity index (χ0v) is 14.1. The topological polar surface area (TPSA) is 51.5 Å². The van der Waals surface area contributed by atoms with Crippen LogP contribution in [0.1, 0.15) is 5.56 Å². The number of para-hydroxylation sites is 1. The van der Waals surface area contributed by atoms with Crippen LogP contribution in [0.3, 0.4) is 0 Å². The Balaban J connectivity index is 2.00. The molecule has 0 aromatic heterocycles. The van der Waals surface area contributed by atoms with Gasteiger partial charge in [-0.3, -0.25) is 0 Å². The monoisotopic (exact) mass is 381 g/mol. The SMILES string of the molecule is COc1cc(Br)cc(C#N)c1OCCOc1ccccc1Cl. The van der Waals surface area contributed by atoms with Gasteiger partial charge in [-0.25, -0.2) is 0 Å². The fourth-order valence-electron chi connectivity index (χ4n) is 1.81. The summed E-state index contributed by atoms with van der Waals surface area (Å²) in [6, 6.07) is 12.7. The lowest BCUT2D eigenvalue weighted by Gasteiger charge is -2.13. The lowest BCUT2D eigenvalue weighted by molar-refractivity contribution is 0.211. The maximum atomic E-state index is 9.18. The Morgan fingerprint density at radius 1 is 1.14 bits per heavy atom. The molecule has 114 valence electrons. The maximum Gasteiger partial charge on any atom is 0.179 e. The van der Waals surface area contributed by atoms with E-state index in [9.17, 15) is 5.26 Å². The molecule has 6 heteroatoms. The molecule has 0 aliphatic rings. The van der Waals surface area contributed by atoms with Crippen molar-refractivity contribution in [2.24, 2.45) is 0 Å². The molecule has 2 rings (SSSR count). The van der Waals surface area contributed by atoms with Crippen LogP contribution < -0.4 is 14.2 Å². The number of benzene rings is 2. The summed E-state index contributed by atoms with van der Waals surface area (Å²) in [4.78, 5) is 0. The molecule has 0 unspecified atom stereocenters. The van der Waals surface area contributed by atoms with Gasteiger partial charge in [-0.2, -0.15) is 5.26 Å². The molecule has 0 heterocycles. The van der Waals surface area contributed by atoms with Gasteiger partial charge in [0, 0.05) is 4.47 Å². The zero-order valence-electron chi connectivity index (χ0n) is 11.8. The molecule has 0 fully saturated rings. The van der Waals surface area contributed by atoms with Crippen LogP contribution in [0.25, 0.3) is 0 Å². The second kappa shape index (κ2) is 7.92. The van der Waals surface area contributed by atoms with E-state index in [4.69, 9.17) is 25.8 Å². The molecule has 0 amide bonds. The van der Waals surface area contributed by atoms with Gasteiger partial charge in [-0.1, -0.05) is 39.7 Å². The number of hydrogen-bond donors (Lipinski definition) is 0. The normalized spacial score (nSPS) is 9.91. The number of nitrogens with zero attached hydrogens (tertiary/aromatic N) is 1. The Kier molecular flexibility index (Phi) is 5.93. The number of ether oxygens (including phenoxy) is 3. The quantitative estimate of drug-likeness (QED) is 0.693. The highest BCUT2D eigenvalue weighted by Crippen LogP contribution is 2.34. The molecule has 0 saturated carbocycles. The van der Waals surface area contributed by atoms with Gasteiger partial charge in [0.25, 0.3) is 0 Å². The smallest absolute Gasteiger partial charge is 0.179 e. The van der Waals surface area contributed by atoms with Crippen LogP contribution in [0.5, 0.6) is 17.2 Å². The molecule has 0 saturated heterocycles. The van der Waals surface area contributed by atoms with Crippen LogP contribution in [0.15, 0.2) is 40.9 Å². The van der Waals surface area contributed by atoms with Crippen LogP contribution in [-0.4, -0.2) is 20.3 Å². The van der Waals surface area contributed by atoms with Gasteiger partial charge in [0.05, 0.1) is 17.7 Å². The molecule has 2 aromatic rings. The lowest BCUT2D eigenvalue weighted by Crippen LogP contribution is -2.10. The van der Waals surface area contributed by atoms with E-state index in [1.54, 1.807) is 24.3 Å². The molecule has 2 aromatic carbocycles. The van der Waals surface area contributed by atoms with E-state index in [1.807, 2.05) is 12.1 Å². The number of halogens is 2. The maximum absolute atomic E-state index is 9.18. The Bertz CT molecular complexity index is 700. The van der Waals surface area contributed by atoms with Gasteiger partial charge in [0.1, 0.15) is 25.0 Å². The van der Waals surface area contributed by atoms with Crippen LogP contribution >= 0.6 is 27.5 Å². The predicted octanol–water partition coefficient (Wildman–Crippen LogP) is 4.44. The summed E-state index contributed by atoms with van der Waals surface area (Å²) in [7, 11) is 1.52. The Morgan fingerprint density at radius 2 is 1.86 bits per heavy atom. The summed E-state index contributed by atoms with van der Waals surface area (Å²) in [5.41, 5.74) is 0.393. The van der Waals surface area contributed by atoms with Crippen LogP contribution in [0.4, 0.5) is 0 Å². The molecular weight excluding hydrogens is 370 g/mol. The van der Waals surface area contributed by atoms with Gasteiger partial charge in [-0.05, 0) is 24.3 Å². The number of nitriles is 1. The van der Waals surface area contributed by atoms with E-state index in [0.29, 0.717) is 34.4 Å². The van der Waals surface area contributed by atoms with E-state index in [1.165, 1.54) is 7.11 Å². The lowest BCUT2D eigenvalue weighted by atomic mass is 10.2. The average molecular weight is 383 g/mol. The van der Waals surface area contributed by atoms with E-state index in [0.717, 1.165) is 4.47 Å². The number of hydrogen-bond acceptors (Lipinski definition) is 4. The van der Waals surface area contributed by atoms with Gasteiger partial charge in [0.2, 0.25) is 0 Å². The minimum atomic E-state index is 0.262. The molecule has 0 spiro atoms. The minimum absolute atomic E-state index is 0.262. The third kappa shape index (κ3) is 4.06. The summed E-state index contributed by atoms with van der Waals surface area (Å²) in [5, 5.41) is 9.72. The highest BCUT2D eigenvalue weighted by atomic mass is 79.9. The van der Waals surface area contributed by atoms with Gasteiger partial charge in [-0.15, -0.1) is 0 Å². The Labute approximate surface area is 142 Å². The first-order chi connectivity index (χ1) is 10.7. The highest BCUT2D eigenvalue weighted by molar-refractivity contribution is 9.10. The highest BCUT2D eigenvalue weighted by Gasteiger charge is 2.12. The summed E-state index contributed by atoms with van der Waals surface area (Å²) in [6.07, 6.45) is 0. The first kappa shape index (κ1) is 16.5. The summed E-state index contributed by atoms with van der Waals surface area (Å²) in [6.45, 7) is 0.561. The van der Waals surface area contributed by atoms with Crippen molar-refractivity contribution in [1.82, 2.24) is 0 Å². The summed E-state index contributed by atoms with van der Waals surface area (Å²) in [5.74, 6) is 1.48. The van der Waals surface area contributed by atoms with Crippen molar-refractivity contribution in [3.63, 3.8) is 0 Å². The number of methoxy groups -OCH3 is 1. The van der Waals surface area contributed by atoms with E-state index in [2.05, 4.69) is 22.0 Å². The van der Waals surface area contributed by atoms with Gasteiger partial charge < -0.3 is 14.2 Å². The fourth-order valence-corrected chi connectivity index (χ4v) is 2.44. The van der Waals surface area contributed by atoms with Crippen molar-refractivity contribution in [3.05, 3.63) is 51.5 Å². The molecular formula is C16H13BrClNO3. The molecule has 4 nitrogen and oxygen atoms in total. The Morgan fingerprint density at radius 3 is 2.55 bits per heavy atom. The van der Waals surface area contributed by atoms with E-state index in [-0.39, 0.29) is 6.61 Å². The third-order valence-electron chi connectivity index (χ3n) is 2.78. The predicted molar refractivity (Wildman–Crippen MR) is 87.9 cm³/mol. The van der Waals surface area contributed by atoms with Crippen molar-refractivity contribution in [2.75, 3.05) is 20.3 Å². The molecule has 0 radical (unpaired) electrons. The average Bonchev–Trinajstić information content (AvgIpc) is 2.53. The number of rotatable bonds is 6. The van der Waals surface area contributed by atoms with Gasteiger partial charge in [0.15, 0.2) is 11.5 Å². The van der Waals surface area contributed by atoms with Crippen molar-refractivity contribution < 1.29 is 14.2 Å². The second-order valence-corrected chi connectivity index (χ2v) is 5.55. The van der Waals surface area contributed by atoms with Crippen LogP contribution in [-0.2, 0) is 0 Å². The van der Waals surface area contributed by atoms with Crippen LogP contribution in [0.2, 0.25) is 5.02 Å². The molecule has 0 N–H and O–H groups in total. The summed E-state index contributed by atoms with van der Waals surface area (Å²) < 4.78 is 17.2. The first-order valence-corrected chi connectivity index (χ1v) is 7.60. The minimum Gasteiger partial charge on any atom is -0.493 e. The standard InChI is InChI=1S/C16H13BrClNO3/c1-20-15-9-12(17)8-11(10-19)16(15)22-7-6-21-14-5-3-2-4-13(14)18/h2-5,8-9H,6-7H2,1H3. The van der Waals surface area contributed by atoms with Crippen molar-refractivity contribution in [2.45, 2.75) is 0 Å². The second-order valence-electron chi connectivity index (χ2n) is 4.22. The fraction of sp³-hybridized carbons (Fsp3) is 0.188. The molecule has 22 heavy (non-hydrogen) atoms. The Hall–Kier alpha value is -1.90. The van der Waals surface area contributed by atoms with Crippen molar-refractivity contribution in [3.8, 4) is 23.3 Å². The summed E-state index contributed by atoms with van der Waals surface area (Å²) >= 11 is 9.32. The third-order valence-corrected chi connectivity index (χ3v) is 3.55. The zero-order chi connectivity index (χ0) is 15.9. The van der Waals surface area contributed by atoms with Gasteiger partial charge >= 0.3 is 0 Å². The van der Waals surface area contributed by atoms with Crippen molar-refractivity contribution in [1.29, 1.82) is 5.26 Å². The largest absolute Gasteiger partial charge is 0.493 e. The van der Waals surface area contributed by atoms with Crippen LogP contribution in [0, 0.1) is 11.3 Å². The molecule has 0 bridgehead atoms. The molecule has 0 aliphatic heterocycles. The van der Waals surface area contributed by atoms with E-state index >= 15 is 0 Å². The molecule has 0 atom stereocenters.